The lowest BCUT2D eigenvalue weighted by Gasteiger charge is -2.07. The molecule has 0 aromatic carbocycles. The smallest absolute Gasteiger partial charge is 0.325 e. The van der Waals surface area contributed by atoms with Gasteiger partial charge < -0.3 is 9.30 Å². The lowest BCUT2D eigenvalue weighted by atomic mass is 10.2. The Labute approximate surface area is 99.1 Å². The van der Waals surface area contributed by atoms with E-state index < -0.39 is 0 Å². The maximum atomic E-state index is 11.5. The van der Waals surface area contributed by atoms with Crippen LogP contribution in [0.25, 0.3) is 0 Å². The fourth-order valence-electron chi connectivity index (χ4n) is 1.59. The van der Waals surface area contributed by atoms with Crippen molar-refractivity contribution in [2.45, 2.75) is 20.4 Å². The van der Waals surface area contributed by atoms with Gasteiger partial charge in [0.15, 0.2) is 5.78 Å². The Morgan fingerprint density at radius 1 is 1.44 bits per heavy atom. The van der Waals surface area contributed by atoms with Crippen molar-refractivity contribution in [2.75, 3.05) is 13.0 Å². The van der Waals surface area contributed by atoms with Crippen LogP contribution in [0.4, 0.5) is 0 Å². The highest BCUT2D eigenvalue weighted by Crippen LogP contribution is 2.16. The Morgan fingerprint density at radius 3 is 2.56 bits per heavy atom. The summed E-state index contributed by atoms with van der Waals surface area (Å²) in [6.07, 6.45) is 0. The molecule has 0 N–H and O–H groups in total. The first-order valence-corrected chi connectivity index (χ1v) is 5.37. The van der Waals surface area contributed by atoms with Crippen LogP contribution in [-0.4, -0.2) is 29.3 Å². The summed E-state index contributed by atoms with van der Waals surface area (Å²) < 4.78 is 6.33. The minimum atomic E-state index is -0.341. The number of carbonyl (C=O) groups excluding carboxylic acids is 2. The molecule has 4 nitrogen and oxygen atoms in total. The lowest BCUT2D eigenvalue weighted by molar-refractivity contribution is -0.141. The molecule has 0 amide bonds. The Kier molecular flexibility index (Phi) is 4.12. The van der Waals surface area contributed by atoms with Crippen LogP contribution in [0.5, 0.6) is 0 Å². The zero-order valence-electron chi connectivity index (χ0n) is 9.54. The Hall–Kier alpha value is -1.29. The van der Waals surface area contributed by atoms with Gasteiger partial charge in [-0.25, -0.2) is 0 Å². The van der Waals surface area contributed by atoms with E-state index in [4.69, 9.17) is 11.6 Å². The predicted molar refractivity (Wildman–Crippen MR) is 61.0 cm³/mol. The summed E-state index contributed by atoms with van der Waals surface area (Å²) >= 11 is 5.50. The first-order valence-electron chi connectivity index (χ1n) is 4.84. The average molecular weight is 244 g/mol. The van der Waals surface area contributed by atoms with E-state index in [1.54, 1.807) is 17.6 Å². The number of rotatable bonds is 4. The van der Waals surface area contributed by atoms with E-state index in [1.807, 2.05) is 6.92 Å². The van der Waals surface area contributed by atoms with Gasteiger partial charge in [-0.05, 0) is 19.9 Å². The topological polar surface area (TPSA) is 48.3 Å². The largest absolute Gasteiger partial charge is 0.468 e. The SMILES string of the molecule is COC(=O)Cn1c(C)cc(C(=O)CCl)c1C. The third-order valence-electron chi connectivity index (χ3n) is 2.51. The third kappa shape index (κ3) is 2.44. The summed E-state index contributed by atoms with van der Waals surface area (Å²) in [5.74, 6) is -0.528. The molecule has 0 bridgehead atoms. The highest BCUT2D eigenvalue weighted by Gasteiger charge is 2.16. The number of ether oxygens (including phenoxy) is 1. The van der Waals surface area contributed by atoms with E-state index in [1.165, 1.54) is 7.11 Å². The van der Waals surface area contributed by atoms with E-state index in [0.29, 0.717) is 5.56 Å². The van der Waals surface area contributed by atoms with Crippen LogP contribution in [0.1, 0.15) is 21.7 Å². The van der Waals surface area contributed by atoms with Crippen molar-refractivity contribution in [2.24, 2.45) is 0 Å². The number of Topliss-reactive ketones (excluding diaryl/α,β-unsaturated/α-hetero) is 1. The number of esters is 1. The average Bonchev–Trinajstić information content (AvgIpc) is 2.55. The number of carbonyl (C=O) groups is 2. The van der Waals surface area contributed by atoms with Gasteiger partial charge in [0.05, 0.1) is 13.0 Å². The van der Waals surface area contributed by atoms with Gasteiger partial charge >= 0.3 is 5.97 Å². The van der Waals surface area contributed by atoms with Gasteiger partial charge in [-0.2, -0.15) is 0 Å². The zero-order valence-corrected chi connectivity index (χ0v) is 10.3. The van der Waals surface area contributed by atoms with Crippen LogP contribution in [0.15, 0.2) is 6.07 Å². The predicted octanol–water partition coefficient (Wildman–Crippen LogP) is 1.70. The van der Waals surface area contributed by atoms with Crippen molar-refractivity contribution in [1.82, 2.24) is 4.57 Å². The third-order valence-corrected chi connectivity index (χ3v) is 2.75. The van der Waals surface area contributed by atoms with Crippen LogP contribution in [0, 0.1) is 13.8 Å². The van der Waals surface area contributed by atoms with Gasteiger partial charge in [-0.3, -0.25) is 9.59 Å². The molecule has 1 aromatic heterocycles. The van der Waals surface area contributed by atoms with Gasteiger partial charge in [-0.15, -0.1) is 11.6 Å². The molecule has 5 heteroatoms. The van der Waals surface area contributed by atoms with Gasteiger partial charge in [0.25, 0.3) is 0 Å². The normalized spacial score (nSPS) is 10.2. The number of hydrogen-bond donors (Lipinski definition) is 0. The number of aryl methyl sites for hydroxylation is 1. The summed E-state index contributed by atoms with van der Waals surface area (Å²) in [5, 5.41) is 0. The monoisotopic (exact) mass is 243 g/mol. The second-order valence-corrected chi connectivity index (χ2v) is 3.77. The number of aromatic nitrogens is 1. The minimum Gasteiger partial charge on any atom is -0.468 e. The quantitative estimate of drug-likeness (QED) is 0.459. The van der Waals surface area contributed by atoms with E-state index in [2.05, 4.69) is 4.74 Å². The first-order chi connectivity index (χ1) is 7.51. The molecule has 0 aliphatic rings. The Balaban J connectivity index is 3.07. The molecule has 0 saturated carbocycles. The molecule has 0 aliphatic heterocycles. The molecule has 0 unspecified atom stereocenters. The van der Waals surface area contributed by atoms with Crippen LogP contribution in [-0.2, 0) is 16.1 Å². The molecule has 0 fully saturated rings. The molecule has 0 aliphatic carbocycles. The van der Waals surface area contributed by atoms with Crippen molar-refractivity contribution in [3.63, 3.8) is 0 Å². The van der Waals surface area contributed by atoms with Crippen LogP contribution >= 0.6 is 11.6 Å². The van der Waals surface area contributed by atoms with Crippen LogP contribution in [0.2, 0.25) is 0 Å². The summed E-state index contributed by atoms with van der Waals surface area (Å²) in [6.45, 7) is 3.74. The summed E-state index contributed by atoms with van der Waals surface area (Å²) in [6, 6.07) is 1.74. The van der Waals surface area contributed by atoms with Gasteiger partial charge in [-0.1, -0.05) is 0 Å². The molecule has 0 radical (unpaired) electrons. The van der Waals surface area contributed by atoms with Crippen molar-refractivity contribution in [3.05, 3.63) is 23.0 Å². The van der Waals surface area contributed by atoms with Crippen molar-refractivity contribution in [3.8, 4) is 0 Å². The number of halogens is 1. The molecule has 88 valence electrons. The molecule has 0 spiro atoms. The molecule has 0 atom stereocenters. The van der Waals surface area contributed by atoms with Crippen molar-refractivity contribution >= 4 is 23.4 Å². The summed E-state index contributed by atoms with van der Waals surface area (Å²) in [5.41, 5.74) is 2.15. The Bertz CT molecular complexity index is 423. The summed E-state index contributed by atoms with van der Waals surface area (Å²) in [4.78, 5) is 22.7. The molecule has 0 saturated heterocycles. The number of hydrogen-bond acceptors (Lipinski definition) is 3. The van der Waals surface area contributed by atoms with E-state index in [0.717, 1.165) is 11.4 Å². The lowest BCUT2D eigenvalue weighted by Crippen LogP contribution is -2.14. The van der Waals surface area contributed by atoms with Crippen LogP contribution in [0.3, 0.4) is 0 Å². The second-order valence-electron chi connectivity index (χ2n) is 3.50. The minimum absolute atomic E-state index is 0.0531. The molecule has 1 heterocycles. The number of alkyl halides is 1. The molecule has 1 aromatic rings. The maximum absolute atomic E-state index is 11.5. The fraction of sp³-hybridized carbons (Fsp3) is 0.455. The van der Waals surface area contributed by atoms with Gasteiger partial charge in [0.2, 0.25) is 0 Å². The van der Waals surface area contributed by atoms with E-state index in [-0.39, 0.29) is 24.2 Å². The number of nitrogens with zero attached hydrogens (tertiary/aromatic N) is 1. The van der Waals surface area contributed by atoms with E-state index >= 15 is 0 Å². The highest BCUT2D eigenvalue weighted by atomic mass is 35.5. The van der Waals surface area contributed by atoms with Gasteiger partial charge in [0.1, 0.15) is 6.54 Å². The number of ketones is 1. The van der Waals surface area contributed by atoms with Crippen molar-refractivity contribution < 1.29 is 14.3 Å². The first kappa shape index (κ1) is 12.8. The fourth-order valence-corrected chi connectivity index (χ4v) is 1.74. The van der Waals surface area contributed by atoms with E-state index in [9.17, 15) is 9.59 Å². The van der Waals surface area contributed by atoms with Crippen LogP contribution < -0.4 is 0 Å². The zero-order chi connectivity index (χ0) is 12.3. The second kappa shape index (κ2) is 5.16. The maximum Gasteiger partial charge on any atom is 0.325 e. The summed E-state index contributed by atoms with van der Waals surface area (Å²) in [7, 11) is 1.33. The van der Waals surface area contributed by atoms with Gasteiger partial charge in [0, 0.05) is 17.0 Å². The molecular weight excluding hydrogens is 230 g/mol. The molecule has 1 rings (SSSR count). The van der Waals surface area contributed by atoms with Crippen molar-refractivity contribution in [1.29, 1.82) is 0 Å². The standard InChI is InChI=1S/C11H14ClNO3/c1-7-4-9(10(14)5-12)8(2)13(7)6-11(15)16-3/h4H,5-6H2,1-3H3. The molecular formula is C11H14ClNO3. The molecule has 16 heavy (non-hydrogen) atoms. The number of methoxy groups -OCH3 is 1. The highest BCUT2D eigenvalue weighted by molar-refractivity contribution is 6.30. The Morgan fingerprint density at radius 2 is 2.06 bits per heavy atom.